The highest BCUT2D eigenvalue weighted by atomic mass is 16.5. The Kier molecular flexibility index (Phi) is 3.47. The quantitative estimate of drug-likeness (QED) is 0.624. The third-order valence-corrected chi connectivity index (χ3v) is 1.29. The maximum atomic E-state index is 5.20. The summed E-state index contributed by atoms with van der Waals surface area (Å²) in [5.74, 6) is 0.539. The molecule has 0 bridgehead atoms. The second kappa shape index (κ2) is 4.66. The van der Waals surface area contributed by atoms with Crippen molar-refractivity contribution in [1.29, 1.82) is 0 Å². The molecule has 1 aromatic heterocycles. The van der Waals surface area contributed by atoms with Gasteiger partial charge in [0.1, 0.15) is 6.61 Å². The molecule has 0 amide bonds. The van der Waals surface area contributed by atoms with Gasteiger partial charge in [0.05, 0.1) is 24.7 Å². The molecular weight excluding hydrogens is 156 g/mol. The smallest absolute Gasteiger partial charge is 0.232 e. The van der Waals surface area contributed by atoms with Crippen molar-refractivity contribution in [3.63, 3.8) is 0 Å². The van der Waals surface area contributed by atoms with Crippen LogP contribution in [-0.4, -0.2) is 30.3 Å². The third kappa shape index (κ3) is 2.84. The number of rotatable bonds is 4. The molecule has 0 aromatic carbocycles. The van der Waals surface area contributed by atoms with Gasteiger partial charge in [-0.1, -0.05) is 0 Å². The predicted molar refractivity (Wildman–Crippen MR) is 44.1 cm³/mol. The first-order chi connectivity index (χ1) is 5.83. The van der Waals surface area contributed by atoms with Crippen LogP contribution in [-0.2, 0) is 4.74 Å². The van der Waals surface area contributed by atoms with Crippen LogP contribution in [0.1, 0.15) is 5.69 Å². The van der Waals surface area contributed by atoms with E-state index in [-0.39, 0.29) is 0 Å². The van der Waals surface area contributed by atoms with Crippen LogP contribution >= 0.6 is 0 Å². The highest BCUT2D eigenvalue weighted by Crippen LogP contribution is 2.02. The number of aromatic nitrogens is 2. The zero-order valence-corrected chi connectivity index (χ0v) is 7.28. The Labute approximate surface area is 71.6 Å². The number of nitrogens with zero attached hydrogens (tertiary/aromatic N) is 2. The first-order valence-corrected chi connectivity index (χ1v) is 3.73. The van der Waals surface area contributed by atoms with Crippen LogP contribution in [0.15, 0.2) is 12.4 Å². The van der Waals surface area contributed by atoms with E-state index >= 15 is 0 Å². The van der Waals surface area contributed by atoms with Gasteiger partial charge in [-0.15, -0.1) is 0 Å². The molecule has 0 N–H and O–H groups in total. The monoisotopic (exact) mass is 168 g/mol. The molecule has 0 atom stereocenters. The average molecular weight is 168 g/mol. The van der Waals surface area contributed by atoms with E-state index < -0.39 is 0 Å². The first-order valence-electron chi connectivity index (χ1n) is 3.73. The van der Waals surface area contributed by atoms with Crippen molar-refractivity contribution in [1.82, 2.24) is 9.97 Å². The molecule has 1 heterocycles. The number of ether oxygens (including phenoxy) is 2. The van der Waals surface area contributed by atoms with E-state index in [1.165, 1.54) is 0 Å². The molecule has 4 heteroatoms. The van der Waals surface area contributed by atoms with E-state index in [1.54, 1.807) is 19.5 Å². The van der Waals surface area contributed by atoms with Crippen molar-refractivity contribution >= 4 is 0 Å². The van der Waals surface area contributed by atoms with Crippen molar-refractivity contribution in [3.8, 4) is 5.88 Å². The predicted octanol–water partition coefficient (Wildman–Crippen LogP) is 0.810. The average Bonchev–Trinajstić information content (AvgIpc) is 2.09. The van der Waals surface area contributed by atoms with Gasteiger partial charge < -0.3 is 9.47 Å². The summed E-state index contributed by atoms with van der Waals surface area (Å²) in [4.78, 5) is 8.04. The van der Waals surface area contributed by atoms with Gasteiger partial charge in [0, 0.05) is 7.11 Å². The van der Waals surface area contributed by atoms with Crippen LogP contribution in [0.4, 0.5) is 0 Å². The van der Waals surface area contributed by atoms with Crippen LogP contribution in [0.2, 0.25) is 0 Å². The van der Waals surface area contributed by atoms with Gasteiger partial charge in [-0.05, 0) is 6.92 Å². The van der Waals surface area contributed by atoms with E-state index in [9.17, 15) is 0 Å². The maximum Gasteiger partial charge on any atom is 0.232 e. The summed E-state index contributed by atoms with van der Waals surface area (Å²) < 4.78 is 10.0. The van der Waals surface area contributed by atoms with Gasteiger partial charge in [0.2, 0.25) is 5.88 Å². The fourth-order valence-corrected chi connectivity index (χ4v) is 0.685. The van der Waals surface area contributed by atoms with Crippen molar-refractivity contribution in [3.05, 3.63) is 18.1 Å². The summed E-state index contributed by atoms with van der Waals surface area (Å²) in [6.07, 6.45) is 3.27. The maximum absolute atomic E-state index is 5.20. The number of hydrogen-bond acceptors (Lipinski definition) is 4. The van der Waals surface area contributed by atoms with Crippen molar-refractivity contribution < 1.29 is 9.47 Å². The molecule has 0 radical (unpaired) electrons. The summed E-state index contributed by atoms with van der Waals surface area (Å²) in [6.45, 7) is 2.95. The molecule has 4 nitrogen and oxygen atoms in total. The Morgan fingerprint density at radius 2 is 2.08 bits per heavy atom. The van der Waals surface area contributed by atoms with Crippen LogP contribution in [0.3, 0.4) is 0 Å². The van der Waals surface area contributed by atoms with Gasteiger partial charge in [-0.2, -0.15) is 0 Å². The summed E-state index contributed by atoms with van der Waals surface area (Å²) in [5, 5.41) is 0. The minimum absolute atomic E-state index is 0.508. The second-order valence-electron chi connectivity index (χ2n) is 2.34. The lowest BCUT2D eigenvalue weighted by atomic mass is 10.5. The topological polar surface area (TPSA) is 44.2 Å². The van der Waals surface area contributed by atoms with E-state index in [1.807, 2.05) is 6.92 Å². The molecule has 12 heavy (non-hydrogen) atoms. The molecule has 0 aliphatic carbocycles. The van der Waals surface area contributed by atoms with E-state index in [0.29, 0.717) is 19.1 Å². The van der Waals surface area contributed by atoms with Crippen molar-refractivity contribution in [2.45, 2.75) is 6.92 Å². The number of hydrogen-bond donors (Lipinski definition) is 0. The van der Waals surface area contributed by atoms with Crippen LogP contribution in [0, 0.1) is 6.92 Å². The minimum Gasteiger partial charge on any atom is -0.474 e. The van der Waals surface area contributed by atoms with E-state index in [2.05, 4.69) is 9.97 Å². The molecule has 1 rings (SSSR count). The lowest BCUT2D eigenvalue weighted by Gasteiger charge is -2.02. The van der Waals surface area contributed by atoms with E-state index in [0.717, 1.165) is 5.69 Å². The molecule has 1 aromatic rings. The lowest BCUT2D eigenvalue weighted by molar-refractivity contribution is 0.143. The highest BCUT2D eigenvalue weighted by Gasteiger charge is 1.93. The molecular formula is C8H12N2O2. The van der Waals surface area contributed by atoms with Gasteiger partial charge in [-0.25, -0.2) is 4.98 Å². The van der Waals surface area contributed by atoms with Gasteiger partial charge in [0.15, 0.2) is 0 Å². The molecule has 0 saturated heterocycles. The Morgan fingerprint density at radius 1 is 1.25 bits per heavy atom. The van der Waals surface area contributed by atoms with Crippen molar-refractivity contribution in [2.24, 2.45) is 0 Å². The summed E-state index contributed by atoms with van der Waals surface area (Å²) >= 11 is 0. The Morgan fingerprint density at radius 3 is 2.67 bits per heavy atom. The number of aryl methyl sites for hydroxylation is 1. The molecule has 0 unspecified atom stereocenters. The SMILES string of the molecule is COCCOc1cnc(C)cn1. The van der Waals surface area contributed by atoms with Gasteiger partial charge in [0.25, 0.3) is 0 Å². The zero-order valence-electron chi connectivity index (χ0n) is 7.28. The summed E-state index contributed by atoms with van der Waals surface area (Å²) in [5.41, 5.74) is 0.883. The molecule has 0 aliphatic heterocycles. The van der Waals surface area contributed by atoms with Crippen LogP contribution < -0.4 is 4.74 Å². The largest absolute Gasteiger partial charge is 0.474 e. The molecule has 0 aliphatic rings. The Hall–Kier alpha value is -1.16. The Balaban J connectivity index is 2.37. The van der Waals surface area contributed by atoms with Gasteiger partial charge >= 0.3 is 0 Å². The van der Waals surface area contributed by atoms with Crippen LogP contribution in [0.5, 0.6) is 5.88 Å². The molecule has 66 valence electrons. The number of methoxy groups -OCH3 is 1. The normalized spacial score (nSPS) is 9.83. The van der Waals surface area contributed by atoms with Gasteiger partial charge in [-0.3, -0.25) is 4.98 Å². The fraction of sp³-hybridized carbons (Fsp3) is 0.500. The second-order valence-corrected chi connectivity index (χ2v) is 2.34. The molecule has 0 fully saturated rings. The first kappa shape index (κ1) is 8.93. The lowest BCUT2D eigenvalue weighted by Crippen LogP contribution is -2.05. The standard InChI is InChI=1S/C8H12N2O2/c1-7-5-10-8(6-9-7)12-4-3-11-2/h5-6H,3-4H2,1-2H3. The molecule has 0 spiro atoms. The van der Waals surface area contributed by atoms with Crippen molar-refractivity contribution in [2.75, 3.05) is 20.3 Å². The zero-order chi connectivity index (χ0) is 8.81. The fourth-order valence-electron chi connectivity index (χ4n) is 0.685. The third-order valence-electron chi connectivity index (χ3n) is 1.29. The molecule has 0 saturated carbocycles. The van der Waals surface area contributed by atoms with E-state index in [4.69, 9.17) is 9.47 Å². The van der Waals surface area contributed by atoms with Crippen LogP contribution in [0.25, 0.3) is 0 Å². The summed E-state index contributed by atoms with van der Waals surface area (Å²) in [7, 11) is 1.63. The minimum atomic E-state index is 0.508. The highest BCUT2D eigenvalue weighted by molar-refractivity contribution is 5.05. The summed E-state index contributed by atoms with van der Waals surface area (Å²) in [6, 6.07) is 0. The Bertz CT molecular complexity index is 223.